The number of sulfone groups is 1. The fraction of sp³-hybridized carbons (Fsp3) is 0. The van der Waals surface area contributed by atoms with E-state index < -0.39 is 32.3 Å². The molecular weight excluding hydrogens is 387 g/mol. The molecule has 3 nitrogen and oxygen atoms in total. The molecule has 1 heterocycles. The lowest BCUT2D eigenvalue weighted by Crippen LogP contribution is -2.09. The summed E-state index contributed by atoms with van der Waals surface area (Å²) in [6.45, 7) is 0. The molecular formula is C21H12F3NO2S. The molecule has 0 spiro atoms. The Morgan fingerprint density at radius 2 is 1.46 bits per heavy atom. The van der Waals surface area contributed by atoms with E-state index in [0.717, 1.165) is 30.3 Å². The summed E-state index contributed by atoms with van der Waals surface area (Å²) in [5.41, 5.74) is 0.433. The van der Waals surface area contributed by atoms with E-state index in [1.807, 2.05) is 0 Å². The fourth-order valence-electron chi connectivity index (χ4n) is 3.07. The summed E-state index contributed by atoms with van der Waals surface area (Å²) >= 11 is 0. The van der Waals surface area contributed by atoms with E-state index in [2.05, 4.69) is 4.98 Å². The van der Waals surface area contributed by atoms with E-state index in [1.54, 1.807) is 18.2 Å². The molecule has 0 saturated carbocycles. The summed E-state index contributed by atoms with van der Waals surface area (Å²) in [7, 11) is -4.40. The van der Waals surface area contributed by atoms with Gasteiger partial charge in [0, 0.05) is 10.9 Å². The van der Waals surface area contributed by atoms with E-state index in [-0.39, 0.29) is 21.5 Å². The van der Waals surface area contributed by atoms with E-state index in [1.165, 1.54) is 24.3 Å². The monoisotopic (exact) mass is 399 g/mol. The first-order valence-corrected chi connectivity index (χ1v) is 9.71. The first kappa shape index (κ1) is 18.2. The van der Waals surface area contributed by atoms with Crippen molar-refractivity contribution in [2.45, 2.75) is 9.79 Å². The zero-order valence-corrected chi connectivity index (χ0v) is 15.1. The van der Waals surface area contributed by atoms with Crippen LogP contribution in [0.5, 0.6) is 0 Å². The minimum atomic E-state index is -4.40. The second kappa shape index (κ2) is 6.76. The predicted octanol–water partition coefficient (Wildman–Crippen LogP) is 5.15. The van der Waals surface area contributed by atoms with Crippen molar-refractivity contribution in [3.05, 3.63) is 90.4 Å². The molecule has 140 valence electrons. The van der Waals surface area contributed by atoms with Gasteiger partial charge < -0.3 is 0 Å². The first-order chi connectivity index (χ1) is 13.4. The van der Waals surface area contributed by atoms with Crippen molar-refractivity contribution < 1.29 is 21.6 Å². The van der Waals surface area contributed by atoms with Gasteiger partial charge in [-0.3, -0.25) is 0 Å². The van der Waals surface area contributed by atoms with Gasteiger partial charge in [0.05, 0.1) is 10.4 Å². The molecule has 4 aromatic rings. The number of pyridine rings is 1. The largest absolute Gasteiger partial charge is 0.233 e. The van der Waals surface area contributed by atoms with Gasteiger partial charge in [-0.15, -0.1) is 0 Å². The number of rotatable bonds is 3. The molecule has 0 aliphatic carbocycles. The van der Waals surface area contributed by atoms with Crippen molar-refractivity contribution in [3.63, 3.8) is 0 Å². The van der Waals surface area contributed by atoms with Crippen LogP contribution in [0, 0.1) is 17.6 Å². The van der Waals surface area contributed by atoms with Crippen LogP contribution in [0.25, 0.3) is 22.0 Å². The number of fused-ring (bicyclic) bond motifs is 1. The van der Waals surface area contributed by atoms with Crippen LogP contribution in [0.2, 0.25) is 0 Å². The maximum absolute atomic E-state index is 15.0. The highest BCUT2D eigenvalue weighted by atomic mass is 32.2. The van der Waals surface area contributed by atoms with Crippen molar-refractivity contribution in [3.8, 4) is 11.1 Å². The van der Waals surface area contributed by atoms with Crippen molar-refractivity contribution >= 4 is 20.7 Å². The van der Waals surface area contributed by atoms with E-state index in [0.29, 0.717) is 5.39 Å². The molecule has 1 aromatic heterocycles. The highest BCUT2D eigenvalue weighted by molar-refractivity contribution is 7.91. The van der Waals surface area contributed by atoms with Crippen LogP contribution >= 0.6 is 0 Å². The normalized spacial score (nSPS) is 11.7. The molecule has 7 heteroatoms. The molecule has 0 amide bonds. The van der Waals surface area contributed by atoms with Gasteiger partial charge in [-0.05, 0) is 48.0 Å². The summed E-state index contributed by atoms with van der Waals surface area (Å²) in [5.74, 6) is -2.42. The third kappa shape index (κ3) is 3.03. The van der Waals surface area contributed by atoms with Crippen LogP contribution in [0.15, 0.2) is 82.6 Å². The number of hydrogen-bond acceptors (Lipinski definition) is 3. The summed E-state index contributed by atoms with van der Waals surface area (Å²) in [6, 6.07) is 15.7. The number of halogens is 3. The van der Waals surface area contributed by atoms with Crippen molar-refractivity contribution in [1.82, 2.24) is 4.98 Å². The molecule has 0 fully saturated rings. The Labute approximate surface area is 159 Å². The zero-order valence-electron chi connectivity index (χ0n) is 14.2. The fourth-order valence-corrected chi connectivity index (χ4v) is 4.57. The first-order valence-electron chi connectivity index (χ1n) is 8.23. The van der Waals surface area contributed by atoms with Crippen molar-refractivity contribution in [2.24, 2.45) is 0 Å². The standard InChI is InChI=1S/C21H12F3NO2S/c22-14-8-10-16(11-9-14)28(26,27)20-19(13-4-3-5-15(23)12-13)17-6-1-2-7-18(17)25-21(20)24/h1-12H. The average Bonchev–Trinajstić information content (AvgIpc) is 2.67. The molecule has 0 N–H and O–H groups in total. The van der Waals surface area contributed by atoms with E-state index in [4.69, 9.17) is 0 Å². The minimum Gasteiger partial charge on any atom is -0.219 e. The van der Waals surface area contributed by atoms with E-state index in [9.17, 15) is 21.6 Å². The van der Waals surface area contributed by atoms with Gasteiger partial charge in [-0.2, -0.15) is 4.39 Å². The molecule has 0 radical (unpaired) electrons. The van der Waals surface area contributed by atoms with Crippen LogP contribution in [-0.4, -0.2) is 13.4 Å². The number of aromatic nitrogens is 1. The SMILES string of the molecule is O=S(=O)(c1ccc(F)cc1)c1c(F)nc2ccccc2c1-c1cccc(F)c1. The predicted molar refractivity (Wildman–Crippen MR) is 98.9 cm³/mol. The highest BCUT2D eigenvalue weighted by Crippen LogP contribution is 2.38. The van der Waals surface area contributed by atoms with Gasteiger partial charge in [0.25, 0.3) is 0 Å². The lowest BCUT2D eigenvalue weighted by Gasteiger charge is -2.15. The molecule has 0 aliphatic rings. The summed E-state index contributed by atoms with van der Waals surface area (Å²) in [4.78, 5) is 2.81. The van der Waals surface area contributed by atoms with Gasteiger partial charge >= 0.3 is 0 Å². The van der Waals surface area contributed by atoms with Gasteiger partial charge in [0.2, 0.25) is 15.8 Å². The molecule has 4 rings (SSSR count). The second-order valence-electron chi connectivity index (χ2n) is 6.09. The number of para-hydroxylation sites is 1. The molecule has 0 bridgehead atoms. The lowest BCUT2D eigenvalue weighted by atomic mass is 10.0. The lowest BCUT2D eigenvalue weighted by molar-refractivity contribution is 0.544. The zero-order chi connectivity index (χ0) is 19.9. The number of benzene rings is 3. The minimum absolute atomic E-state index is 0.00641. The molecule has 0 saturated heterocycles. The van der Waals surface area contributed by atoms with Gasteiger partial charge in [0.1, 0.15) is 16.5 Å². The maximum atomic E-state index is 15.0. The number of hydrogen-bond donors (Lipinski definition) is 0. The topological polar surface area (TPSA) is 47.0 Å². The Balaban J connectivity index is 2.13. The Bertz CT molecular complexity index is 1300. The second-order valence-corrected chi connectivity index (χ2v) is 7.98. The summed E-state index contributed by atoms with van der Waals surface area (Å²) < 4.78 is 68.4. The smallest absolute Gasteiger partial charge is 0.219 e. The van der Waals surface area contributed by atoms with Crippen LogP contribution in [0.4, 0.5) is 13.2 Å². The highest BCUT2D eigenvalue weighted by Gasteiger charge is 2.29. The van der Waals surface area contributed by atoms with Crippen LogP contribution in [0.1, 0.15) is 0 Å². The quantitative estimate of drug-likeness (QED) is 0.354. The third-order valence-electron chi connectivity index (χ3n) is 4.31. The average molecular weight is 399 g/mol. The Morgan fingerprint density at radius 1 is 0.750 bits per heavy atom. The Hall–Kier alpha value is -3.19. The number of nitrogens with zero attached hydrogens (tertiary/aromatic N) is 1. The maximum Gasteiger partial charge on any atom is 0.233 e. The van der Waals surface area contributed by atoms with Crippen molar-refractivity contribution in [1.29, 1.82) is 0 Å². The molecule has 0 atom stereocenters. The van der Waals surface area contributed by atoms with Gasteiger partial charge in [-0.1, -0.05) is 30.3 Å². The molecule has 0 aliphatic heterocycles. The Morgan fingerprint density at radius 3 is 2.18 bits per heavy atom. The van der Waals surface area contributed by atoms with E-state index >= 15 is 0 Å². The van der Waals surface area contributed by atoms with Crippen LogP contribution < -0.4 is 0 Å². The van der Waals surface area contributed by atoms with Gasteiger partial charge in [0.15, 0.2) is 0 Å². The molecule has 0 unspecified atom stereocenters. The van der Waals surface area contributed by atoms with Crippen LogP contribution in [0.3, 0.4) is 0 Å². The molecule has 3 aromatic carbocycles. The Kier molecular flexibility index (Phi) is 4.39. The molecule has 28 heavy (non-hydrogen) atoms. The van der Waals surface area contributed by atoms with Gasteiger partial charge in [-0.25, -0.2) is 22.2 Å². The third-order valence-corrected chi connectivity index (χ3v) is 6.12. The summed E-state index contributed by atoms with van der Waals surface area (Å²) in [6.07, 6.45) is 0. The summed E-state index contributed by atoms with van der Waals surface area (Å²) in [5, 5.41) is 0.357. The van der Waals surface area contributed by atoms with Crippen LogP contribution in [-0.2, 0) is 9.84 Å². The van der Waals surface area contributed by atoms with Crippen molar-refractivity contribution in [2.75, 3.05) is 0 Å².